The van der Waals surface area contributed by atoms with Crippen LogP contribution in [0.5, 0.6) is 5.75 Å². The Kier molecular flexibility index (Phi) is 5.03. The number of nitrogens with two attached hydrogens (primary N) is 2. The summed E-state index contributed by atoms with van der Waals surface area (Å²) < 4.78 is 5.45. The number of hydrogen-bond donors (Lipinski definition) is 3. The third kappa shape index (κ3) is 3.87. The van der Waals surface area contributed by atoms with Gasteiger partial charge in [0.05, 0.1) is 16.3 Å². The maximum atomic E-state index is 11.5. The molecule has 0 aromatic heterocycles. The van der Waals surface area contributed by atoms with Crippen molar-refractivity contribution >= 4 is 28.9 Å². The normalized spacial score (nSPS) is 10.2. The molecule has 2 aromatic carbocycles. The number of carbonyl (C=O) groups is 1. The molecular weight excluding hydrogens is 290 g/mol. The first-order valence-corrected chi connectivity index (χ1v) is 6.78. The summed E-state index contributed by atoms with van der Waals surface area (Å²) in [7, 11) is 0. The summed E-state index contributed by atoms with van der Waals surface area (Å²) in [6.07, 6.45) is 0. The van der Waals surface area contributed by atoms with E-state index in [0.717, 1.165) is 5.69 Å². The Hall–Kier alpha value is -2.24. The number of hydrogen-bond acceptors (Lipinski definition) is 4. The van der Waals surface area contributed by atoms with Crippen LogP contribution in [0.25, 0.3) is 0 Å². The first-order valence-electron chi connectivity index (χ1n) is 6.40. The summed E-state index contributed by atoms with van der Waals surface area (Å²) in [5, 5.41) is 3.42. The van der Waals surface area contributed by atoms with Gasteiger partial charge in [-0.25, -0.2) is 0 Å². The Labute approximate surface area is 127 Å². The fraction of sp³-hybridized carbons (Fsp3) is 0.133. The third-order valence-electron chi connectivity index (χ3n) is 2.76. The summed E-state index contributed by atoms with van der Waals surface area (Å²) in [4.78, 5) is 11.5. The second-order valence-corrected chi connectivity index (χ2v) is 4.72. The highest BCUT2D eigenvalue weighted by molar-refractivity contribution is 6.34. The fourth-order valence-corrected chi connectivity index (χ4v) is 2.14. The van der Waals surface area contributed by atoms with Crippen molar-refractivity contribution in [3.63, 3.8) is 0 Å². The molecule has 110 valence electrons. The third-order valence-corrected chi connectivity index (χ3v) is 3.07. The van der Waals surface area contributed by atoms with Gasteiger partial charge in [-0.2, -0.15) is 0 Å². The Balaban J connectivity index is 2.26. The molecule has 0 heterocycles. The van der Waals surface area contributed by atoms with Crippen LogP contribution in [0.4, 0.5) is 11.4 Å². The van der Waals surface area contributed by atoms with E-state index in [-0.39, 0.29) is 5.56 Å². The highest BCUT2D eigenvalue weighted by atomic mass is 35.5. The van der Waals surface area contributed by atoms with Gasteiger partial charge in [-0.05, 0) is 24.3 Å². The molecule has 0 radical (unpaired) electrons. The smallest absolute Gasteiger partial charge is 0.252 e. The zero-order chi connectivity index (χ0) is 15.2. The number of primary amides is 1. The molecule has 5 nitrogen and oxygen atoms in total. The number of amides is 1. The van der Waals surface area contributed by atoms with Crippen LogP contribution < -0.4 is 21.5 Å². The molecule has 6 heteroatoms. The average Bonchev–Trinajstić information content (AvgIpc) is 2.45. The van der Waals surface area contributed by atoms with Gasteiger partial charge in [0.25, 0.3) is 5.91 Å². The molecule has 21 heavy (non-hydrogen) atoms. The monoisotopic (exact) mass is 305 g/mol. The molecule has 0 fully saturated rings. The molecule has 1 amide bonds. The van der Waals surface area contributed by atoms with Gasteiger partial charge in [0.15, 0.2) is 0 Å². The van der Waals surface area contributed by atoms with E-state index in [2.05, 4.69) is 5.32 Å². The second kappa shape index (κ2) is 6.97. The quantitative estimate of drug-likeness (QED) is 0.765. The zero-order valence-corrected chi connectivity index (χ0v) is 12.1. The van der Waals surface area contributed by atoms with E-state index in [0.29, 0.717) is 29.6 Å². The van der Waals surface area contributed by atoms with Gasteiger partial charge in [0.1, 0.15) is 12.4 Å². The van der Waals surface area contributed by atoms with E-state index < -0.39 is 5.91 Å². The predicted octanol–water partition coefficient (Wildman–Crippen LogP) is 2.52. The van der Waals surface area contributed by atoms with Gasteiger partial charge in [-0.1, -0.05) is 23.7 Å². The number of anilines is 2. The molecular formula is C15H16ClN3O2. The Bertz CT molecular complexity index is 647. The molecule has 0 aliphatic heterocycles. The highest BCUT2D eigenvalue weighted by Gasteiger charge is 2.12. The average molecular weight is 306 g/mol. The van der Waals surface area contributed by atoms with Crippen LogP contribution in [0.1, 0.15) is 10.4 Å². The van der Waals surface area contributed by atoms with Gasteiger partial charge in [0.2, 0.25) is 0 Å². The van der Waals surface area contributed by atoms with Crippen molar-refractivity contribution in [1.29, 1.82) is 0 Å². The summed E-state index contributed by atoms with van der Waals surface area (Å²) >= 11 is 6.01. The molecule has 0 bridgehead atoms. The maximum absolute atomic E-state index is 11.5. The van der Waals surface area contributed by atoms with Crippen LogP contribution in [0.15, 0.2) is 42.5 Å². The van der Waals surface area contributed by atoms with Crippen molar-refractivity contribution in [1.82, 2.24) is 0 Å². The summed E-state index contributed by atoms with van der Waals surface area (Å²) in [6, 6.07) is 12.4. The first-order chi connectivity index (χ1) is 10.1. The maximum Gasteiger partial charge on any atom is 0.252 e. The van der Waals surface area contributed by atoms with Gasteiger partial charge < -0.3 is 21.5 Å². The fourth-order valence-electron chi connectivity index (χ4n) is 1.87. The second-order valence-electron chi connectivity index (χ2n) is 4.32. The van der Waals surface area contributed by atoms with Gasteiger partial charge in [0, 0.05) is 18.3 Å². The van der Waals surface area contributed by atoms with Crippen LogP contribution in [-0.2, 0) is 0 Å². The molecule has 0 saturated heterocycles. The Morgan fingerprint density at radius 3 is 2.71 bits per heavy atom. The Morgan fingerprint density at radius 2 is 2.00 bits per heavy atom. The Morgan fingerprint density at radius 1 is 1.24 bits per heavy atom. The van der Waals surface area contributed by atoms with E-state index in [1.807, 2.05) is 18.2 Å². The number of halogens is 1. The lowest BCUT2D eigenvalue weighted by Crippen LogP contribution is -2.14. The molecule has 0 aliphatic carbocycles. The van der Waals surface area contributed by atoms with Crippen LogP contribution in [0.2, 0.25) is 5.02 Å². The molecule has 0 saturated carbocycles. The van der Waals surface area contributed by atoms with Crippen molar-refractivity contribution in [2.45, 2.75) is 0 Å². The first kappa shape index (κ1) is 15.2. The van der Waals surface area contributed by atoms with Crippen molar-refractivity contribution in [2.75, 3.05) is 18.5 Å². The van der Waals surface area contributed by atoms with Gasteiger partial charge in [-0.15, -0.1) is 0 Å². The lowest BCUT2D eigenvalue weighted by molar-refractivity contribution is 0.100. The largest absolute Gasteiger partial charge is 0.492 e. The number of benzene rings is 2. The van der Waals surface area contributed by atoms with E-state index in [4.69, 9.17) is 27.8 Å². The topological polar surface area (TPSA) is 90.4 Å². The van der Waals surface area contributed by atoms with Crippen molar-refractivity contribution in [3.8, 4) is 5.75 Å². The minimum Gasteiger partial charge on any atom is -0.492 e. The molecule has 2 rings (SSSR count). The number of ether oxygens (including phenoxy) is 1. The van der Waals surface area contributed by atoms with Crippen molar-refractivity contribution in [3.05, 3.63) is 53.1 Å². The van der Waals surface area contributed by atoms with Gasteiger partial charge >= 0.3 is 0 Å². The standard InChI is InChI=1S/C15H16ClN3O2/c16-12-5-2-6-13(14(12)15(18)20)19-10-3-1-4-11(9-10)21-8-7-17/h1-6,9,19H,7-8,17H2,(H2,18,20). The molecule has 0 spiro atoms. The van der Waals surface area contributed by atoms with Crippen molar-refractivity contribution in [2.24, 2.45) is 11.5 Å². The molecule has 0 atom stereocenters. The van der Waals surface area contributed by atoms with Crippen LogP contribution in [-0.4, -0.2) is 19.1 Å². The number of nitrogens with one attached hydrogen (secondary N) is 1. The lowest BCUT2D eigenvalue weighted by atomic mass is 10.1. The van der Waals surface area contributed by atoms with Crippen molar-refractivity contribution < 1.29 is 9.53 Å². The molecule has 0 unspecified atom stereocenters. The van der Waals surface area contributed by atoms with E-state index in [9.17, 15) is 4.79 Å². The van der Waals surface area contributed by atoms with Gasteiger partial charge in [-0.3, -0.25) is 4.79 Å². The number of rotatable bonds is 6. The zero-order valence-electron chi connectivity index (χ0n) is 11.3. The SMILES string of the molecule is NCCOc1cccc(Nc2cccc(Cl)c2C(N)=O)c1. The van der Waals surface area contributed by atoms with E-state index >= 15 is 0 Å². The minimum atomic E-state index is -0.585. The molecule has 2 aromatic rings. The summed E-state index contributed by atoms with van der Waals surface area (Å²) in [5.41, 5.74) is 12.3. The summed E-state index contributed by atoms with van der Waals surface area (Å²) in [6.45, 7) is 0.880. The van der Waals surface area contributed by atoms with Crippen LogP contribution >= 0.6 is 11.6 Å². The predicted molar refractivity (Wildman–Crippen MR) is 84.2 cm³/mol. The number of carbonyl (C=O) groups excluding carboxylic acids is 1. The van der Waals surface area contributed by atoms with Crippen LogP contribution in [0, 0.1) is 0 Å². The lowest BCUT2D eigenvalue weighted by Gasteiger charge is -2.12. The minimum absolute atomic E-state index is 0.257. The summed E-state index contributed by atoms with van der Waals surface area (Å²) in [5.74, 6) is 0.103. The highest BCUT2D eigenvalue weighted by Crippen LogP contribution is 2.28. The molecule has 5 N–H and O–H groups in total. The van der Waals surface area contributed by atoms with E-state index in [1.54, 1.807) is 24.3 Å². The van der Waals surface area contributed by atoms with E-state index in [1.165, 1.54) is 0 Å². The molecule has 0 aliphatic rings. The van der Waals surface area contributed by atoms with Crippen LogP contribution in [0.3, 0.4) is 0 Å².